The van der Waals surface area contributed by atoms with Crippen LogP contribution < -0.4 is 0 Å². The number of aryl methyl sites for hydroxylation is 8. The van der Waals surface area contributed by atoms with Crippen molar-refractivity contribution in [2.24, 2.45) is 47.3 Å². The maximum Gasteiger partial charge on any atom is 0 e. The summed E-state index contributed by atoms with van der Waals surface area (Å²) in [6.07, 6.45) is 81.1. The van der Waals surface area contributed by atoms with Crippen LogP contribution in [0.2, 0.25) is 0 Å². The molecule has 8 aromatic carbocycles. The number of rotatable bonds is 24. The zero-order valence-corrected chi connectivity index (χ0v) is 101. The van der Waals surface area contributed by atoms with Gasteiger partial charge in [-0.15, -0.1) is 26.3 Å². The molecule has 8 fully saturated rings. The normalized spacial score (nSPS) is 24.0. The quantitative estimate of drug-likeness (QED) is 0.0529. The van der Waals surface area contributed by atoms with E-state index in [4.69, 9.17) is 0 Å². The van der Waals surface area contributed by atoms with E-state index in [0.29, 0.717) is 0 Å². The zero-order chi connectivity index (χ0) is 108. The summed E-state index contributed by atoms with van der Waals surface area (Å²) in [6, 6.07) is 37.4. The van der Waals surface area contributed by atoms with Crippen LogP contribution in [-0.4, -0.2) is 0 Å². The molecule has 8 saturated carbocycles. The van der Waals surface area contributed by atoms with Crippen molar-refractivity contribution >= 4 is 0 Å². The Hall–Kier alpha value is -8.32. The van der Waals surface area contributed by atoms with E-state index in [1.807, 2.05) is 0 Å². The van der Waals surface area contributed by atoms with Crippen LogP contribution in [-0.2, 0) is 0 Å². The summed E-state index contributed by atoms with van der Waals surface area (Å²) in [6.45, 7) is 78.6. The summed E-state index contributed by atoms with van der Waals surface area (Å²) in [7, 11) is 0. The van der Waals surface area contributed by atoms with Crippen molar-refractivity contribution in [1.29, 1.82) is 0 Å². The molecule has 0 heterocycles. The lowest BCUT2D eigenvalue weighted by molar-refractivity contribution is 0.311. The number of hydrogen-bond donors (Lipinski definition) is 0. The molecule has 0 nitrogen and oxygen atoms in total. The van der Waals surface area contributed by atoms with Gasteiger partial charge in [-0.2, -0.15) is 0 Å². The third kappa shape index (κ3) is 35.9. The Morgan fingerprint density at radius 2 is 0.351 bits per heavy atom. The predicted molar refractivity (Wildman–Crippen MR) is 677 cm³/mol. The molecular formula is C148H232. The summed E-state index contributed by atoms with van der Waals surface area (Å²) >= 11 is 0. The van der Waals surface area contributed by atoms with Gasteiger partial charge >= 0.3 is 0 Å². The summed E-state index contributed by atoms with van der Waals surface area (Å²) < 4.78 is 0. The molecule has 16 rings (SSSR count). The molecule has 0 amide bonds. The lowest BCUT2D eigenvalue weighted by Gasteiger charge is -2.30. The van der Waals surface area contributed by atoms with E-state index in [1.54, 1.807) is 44.5 Å². The second kappa shape index (κ2) is 63.4. The number of benzene rings is 8. The summed E-state index contributed by atoms with van der Waals surface area (Å²) in [5.41, 5.74) is 48.5. The zero-order valence-electron chi connectivity index (χ0n) is 101. The Morgan fingerprint density at radius 1 is 0.196 bits per heavy atom. The molecule has 8 aliphatic rings. The van der Waals surface area contributed by atoms with Crippen LogP contribution in [0.15, 0.2) is 196 Å². The summed E-state index contributed by atoms with van der Waals surface area (Å²) in [5.74, 6) is 13.1. The highest BCUT2D eigenvalue weighted by Crippen LogP contribution is 2.48. The SMILES string of the molecule is C/C=C/C1CCC(c2ccc(C)c(C)c2C)CC1.C/C=C/C1CCC(c2ccc(C)c(C)c2C)CC1.C=CC1CCC(c2ccc(C)c(C)c2C)CC1.C=CC1CCC(c2ccc(C)c(C)c2C)CC1.C=CCCC1CCC(c2ccc(C)c(C)c2C)CC1.C=CCCC1CCC(c2ccc(C)c(C)c2C)CC1.CCC/C=C/C1CCC(c2ccc(C)c(C)c2C)CC1.CCC/C=C/C1CCC(c2ccc(C)c(C)c2C)CC1.[HH].[HH].[HH].[HH].[HH].[HH].[HH].[HH]. The second-order valence-corrected chi connectivity index (χ2v) is 48.6. The Morgan fingerprint density at radius 3 is 0.500 bits per heavy atom. The van der Waals surface area contributed by atoms with Crippen molar-refractivity contribution in [3.8, 4) is 0 Å². The average Bonchev–Trinajstić information content (AvgIpc) is 0.475. The average molecular weight is 2010 g/mol. The summed E-state index contributed by atoms with van der Waals surface area (Å²) in [4.78, 5) is 0. The van der Waals surface area contributed by atoms with Crippen LogP contribution in [0.3, 0.4) is 0 Å². The number of unbranched alkanes of at least 4 members (excludes halogenated alkanes) is 2. The van der Waals surface area contributed by atoms with Gasteiger partial charge < -0.3 is 0 Å². The van der Waals surface area contributed by atoms with Gasteiger partial charge in [0.05, 0.1) is 0 Å². The highest BCUT2D eigenvalue weighted by Gasteiger charge is 2.32. The highest BCUT2D eigenvalue weighted by atomic mass is 14.4. The Bertz CT molecular complexity index is 5220. The van der Waals surface area contributed by atoms with Gasteiger partial charge in [0.1, 0.15) is 0 Å². The van der Waals surface area contributed by atoms with Crippen LogP contribution in [0.1, 0.15) is 521 Å². The van der Waals surface area contributed by atoms with Gasteiger partial charge in [0.2, 0.25) is 0 Å². The molecule has 0 heteroatoms. The highest BCUT2D eigenvalue weighted by molar-refractivity contribution is 5.48. The molecule has 8 aliphatic carbocycles. The molecule has 0 bridgehead atoms. The van der Waals surface area contributed by atoms with E-state index in [-0.39, 0.29) is 11.4 Å². The Labute approximate surface area is 925 Å². The molecule has 0 aliphatic heterocycles. The van der Waals surface area contributed by atoms with Crippen LogP contribution in [0.25, 0.3) is 0 Å². The Balaban J connectivity index is 0.000000885. The van der Waals surface area contributed by atoms with Crippen molar-refractivity contribution in [3.63, 3.8) is 0 Å². The smallest absolute Gasteiger partial charge is 0 e. The minimum Gasteiger partial charge on any atom is -0.103 e. The van der Waals surface area contributed by atoms with Crippen LogP contribution >= 0.6 is 0 Å². The molecule has 8 aromatic rings. The second-order valence-electron chi connectivity index (χ2n) is 48.6. The van der Waals surface area contributed by atoms with Crippen molar-refractivity contribution in [3.05, 3.63) is 374 Å². The minimum atomic E-state index is 0. The van der Waals surface area contributed by atoms with Crippen molar-refractivity contribution < 1.29 is 11.4 Å². The number of allylic oxidation sites excluding steroid dienone is 12. The van der Waals surface area contributed by atoms with Crippen LogP contribution in [0.4, 0.5) is 0 Å². The maximum atomic E-state index is 3.93. The fraction of sp³-hybridized carbons (Fsp3) is 0.568. The molecule has 0 unspecified atom stereocenters. The van der Waals surface area contributed by atoms with Gasteiger partial charge in [0, 0.05) is 11.4 Å². The molecule has 0 radical (unpaired) electrons. The van der Waals surface area contributed by atoms with Crippen molar-refractivity contribution in [2.75, 3.05) is 0 Å². The predicted octanol–water partition coefficient (Wildman–Crippen LogP) is 47.2. The lowest BCUT2D eigenvalue weighted by Crippen LogP contribution is -2.14. The van der Waals surface area contributed by atoms with E-state index in [9.17, 15) is 0 Å². The van der Waals surface area contributed by atoms with E-state index in [2.05, 4.69) is 390 Å². The topological polar surface area (TPSA) is 0 Å². The molecule has 148 heavy (non-hydrogen) atoms. The van der Waals surface area contributed by atoms with Gasteiger partial charge in [-0.1, -0.05) is 197 Å². The fourth-order valence-corrected chi connectivity index (χ4v) is 26.9. The minimum absolute atomic E-state index is 0. The van der Waals surface area contributed by atoms with Crippen molar-refractivity contribution in [2.45, 2.75) is 498 Å². The first-order valence-corrected chi connectivity index (χ1v) is 60.6. The van der Waals surface area contributed by atoms with Crippen LogP contribution in [0.5, 0.6) is 0 Å². The van der Waals surface area contributed by atoms with E-state index in [1.165, 1.54) is 390 Å². The van der Waals surface area contributed by atoms with Crippen LogP contribution in [0, 0.1) is 214 Å². The monoisotopic (exact) mass is 2010 g/mol. The third-order valence-electron chi connectivity index (χ3n) is 39.5. The fourth-order valence-electron chi connectivity index (χ4n) is 26.9. The van der Waals surface area contributed by atoms with Crippen molar-refractivity contribution in [1.82, 2.24) is 0 Å². The Kier molecular flexibility index (Phi) is 52.7. The van der Waals surface area contributed by atoms with Gasteiger partial charge in [-0.25, -0.2) is 0 Å². The maximum absolute atomic E-state index is 3.93. The largest absolute Gasteiger partial charge is 0.103 e. The lowest BCUT2D eigenvalue weighted by atomic mass is 9.75. The standard InChI is InChI=1S/2C20H30.2C19H28.2C18H26.2C17H24.8H2/c2*1-5-6-7-8-18-10-12-19(13-11-18)20-14-9-15(2)16(3)17(20)4;2*1-5-6-7-17-9-11-18(12-10-17)19-13-8-14(2)15(3)16(19)4;2*1-5-6-16-8-10-17(11-9-16)18-12-7-13(2)14(3)15(18)4;2*1-5-15-7-9-16(10-8-15)17-11-6-12(2)13(3)14(17)4;;;;;;;;/h2*7-9,14,18-19H,5-6,10-13H2,1-4H3;2*5,8,13,17-18H,1,6-7,9-12H2,2-4H3;2*5-7,12,16-17H,8-11H2,1-4H3;2*5-6,11,15-16H,1,7-10H2,2-4H3;8*1H/b2*8-7+;;;2*6-5+;;;;;;;;;;. The molecule has 0 spiro atoms. The van der Waals surface area contributed by atoms with E-state index >= 15 is 0 Å². The molecule has 0 N–H and O–H groups in total. The van der Waals surface area contributed by atoms with Gasteiger partial charge in [-0.3, -0.25) is 0 Å². The first-order chi connectivity index (χ1) is 71.0. The molecule has 0 atom stereocenters. The molecular weight excluding hydrogens is 1780 g/mol. The third-order valence-corrected chi connectivity index (χ3v) is 39.5. The molecule has 0 saturated heterocycles. The van der Waals surface area contributed by atoms with Gasteiger partial charge in [0.25, 0.3) is 0 Å². The van der Waals surface area contributed by atoms with E-state index < -0.39 is 0 Å². The van der Waals surface area contributed by atoms with E-state index in [0.717, 1.165) is 94.7 Å². The summed E-state index contributed by atoms with van der Waals surface area (Å²) in [5, 5.41) is 0. The molecule has 0 aromatic heterocycles. The number of hydrogen-bond acceptors (Lipinski definition) is 0. The first-order valence-electron chi connectivity index (χ1n) is 60.6. The van der Waals surface area contributed by atoms with Gasteiger partial charge in [-0.05, 0) is 697 Å². The first kappa shape index (κ1) is 123. The van der Waals surface area contributed by atoms with Gasteiger partial charge in [0.15, 0.2) is 0 Å². The molecule has 824 valence electrons.